The monoisotopic (exact) mass is 534 g/mol. The van der Waals surface area contributed by atoms with Gasteiger partial charge in [0.1, 0.15) is 23.6 Å². The van der Waals surface area contributed by atoms with Crippen molar-refractivity contribution in [1.82, 2.24) is 19.2 Å². The summed E-state index contributed by atoms with van der Waals surface area (Å²) in [5, 5.41) is 2.69. The van der Waals surface area contributed by atoms with E-state index < -0.39 is 35.6 Å². The van der Waals surface area contributed by atoms with Crippen LogP contribution < -0.4 is 15.6 Å². The molecule has 0 unspecified atom stereocenters. The van der Waals surface area contributed by atoms with Crippen molar-refractivity contribution in [1.29, 1.82) is 0 Å². The lowest BCUT2D eigenvalue weighted by Gasteiger charge is -2.29. The normalized spacial score (nSPS) is 21.5. The first-order valence-corrected chi connectivity index (χ1v) is 12.6. The number of nitrogens with one attached hydrogen (secondary N) is 1. The average molecular weight is 535 g/mol. The summed E-state index contributed by atoms with van der Waals surface area (Å²) in [6, 6.07) is 3.90. The summed E-state index contributed by atoms with van der Waals surface area (Å²) in [5.41, 5.74) is -1.71. The number of carbonyl (C=O) groups excluding carboxylic acids is 1. The third kappa shape index (κ3) is 5.03. The van der Waals surface area contributed by atoms with Crippen LogP contribution >= 0.6 is 0 Å². The summed E-state index contributed by atoms with van der Waals surface area (Å²) in [4.78, 5) is 28.4. The number of piperidine rings is 1. The number of carbonyl (C=O) groups is 1. The molecule has 7 nitrogen and oxygen atoms in total. The molecule has 11 heteroatoms. The van der Waals surface area contributed by atoms with Gasteiger partial charge in [-0.1, -0.05) is 0 Å². The Hall–Kier alpha value is -3.34. The van der Waals surface area contributed by atoms with Crippen LogP contribution in [0.3, 0.4) is 0 Å². The fourth-order valence-electron chi connectivity index (χ4n) is 5.54. The summed E-state index contributed by atoms with van der Waals surface area (Å²) in [6.45, 7) is 5.60. The van der Waals surface area contributed by atoms with Crippen LogP contribution in [0.2, 0.25) is 0 Å². The number of rotatable bonds is 7. The third-order valence-electron chi connectivity index (χ3n) is 7.49. The summed E-state index contributed by atoms with van der Waals surface area (Å²) >= 11 is 0. The number of halogens is 4. The van der Waals surface area contributed by atoms with Crippen LogP contribution in [-0.2, 0) is 17.5 Å². The van der Waals surface area contributed by atoms with Gasteiger partial charge in [0.05, 0.1) is 24.1 Å². The van der Waals surface area contributed by atoms with Crippen LogP contribution in [0.25, 0.3) is 16.8 Å². The highest BCUT2D eigenvalue weighted by Gasteiger charge is 2.56. The van der Waals surface area contributed by atoms with Crippen molar-refractivity contribution in [2.24, 2.45) is 11.3 Å². The highest BCUT2D eigenvalue weighted by atomic mass is 19.4. The molecule has 1 aromatic carbocycles. The molecular weight excluding hydrogens is 504 g/mol. The number of ether oxygens (including phenoxy) is 1. The zero-order valence-electron chi connectivity index (χ0n) is 21.4. The van der Waals surface area contributed by atoms with E-state index in [-0.39, 0.29) is 28.2 Å². The lowest BCUT2D eigenvalue weighted by molar-refractivity contribution is -0.140. The van der Waals surface area contributed by atoms with E-state index in [2.05, 4.69) is 17.3 Å². The first-order valence-electron chi connectivity index (χ1n) is 12.6. The number of alkyl halides is 3. The topological polar surface area (TPSA) is 68.0 Å². The molecular formula is C27H30F4N4O3. The van der Waals surface area contributed by atoms with Crippen molar-refractivity contribution < 1.29 is 27.1 Å². The first-order chi connectivity index (χ1) is 17.9. The van der Waals surface area contributed by atoms with E-state index in [1.165, 1.54) is 10.6 Å². The quantitative estimate of drug-likeness (QED) is 0.462. The number of benzene rings is 1. The van der Waals surface area contributed by atoms with Crippen molar-refractivity contribution in [3.05, 3.63) is 58.4 Å². The van der Waals surface area contributed by atoms with Crippen LogP contribution in [0.1, 0.15) is 32.3 Å². The van der Waals surface area contributed by atoms with Gasteiger partial charge < -0.3 is 19.4 Å². The van der Waals surface area contributed by atoms with Gasteiger partial charge in [0, 0.05) is 35.8 Å². The lowest BCUT2D eigenvalue weighted by Crippen LogP contribution is -2.37. The molecule has 2 aliphatic rings. The fraction of sp³-hybridized carbons (Fsp3) is 0.481. The van der Waals surface area contributed by atoms with Crippen LogP contribution in [0.5, 0.6) is 5.75 Å². The van der Waals surface area contributed by atoms with E-state index in [1.54, 1.807) is 26.1 Å². The van der Waals surface area contributed by atoms with Crippen LogP contribution in [-0.4, -0.2) is 52.6 Å². The molecule has 5 rings (SSSR count). The van der Waals surface area contributed by atoms with E-state index in [4.69, 9.17) is 4.74 Å². The maximum absolute atomic E-state index is 14.0. The molecule has 1 N–H and O–H groups in total. The highest BCUT2D eigenvalue weighted by Crippen LogP contribution is 2.57. The van der Waals surface area contributed by atoms with Gasteiger partial charge in [-0.2, -0.15) is 13.2 Å². The largest absolute Gasteiger partial charge is 0.491 e. The van der Waals surface area contributed by atoms with Gasteiger partial charge in [0.15, 0.2) is 0 Å². The van der Waals surface area contributed by atoms with Gasteiger partial charge >= 0.3 is 6.18 Å². The Morgan fingerprint density at radius 1 is 1.24 bits per heavy atom. The van der Waals surface area contributed by atoms with Gasteiger partial charge in [-0.25, -0.2) is 4.39 Å². The Morgan fingerprint density at radius 2 is 2.00 bits per heavy atom. The Balaban J connectivity index is 1.54. The van der Waals surface area contributed by atoms with Crippen molar-refractivity contribution in [3.8, 4) is 17.0 Å². The molecule has 38 heavy (non-hydrogen) atoms. The van der Waals surface area contributed by atoms with E-state index in [0.29, 0.717) is 30.4 Å². The highest BCUT2D eigenvalue weighted by molar-refractivity contribution is 5.77. The van der Waals surface area contributed by atoms with Gasteiger partial charge in [-0.3, -0.25) is 14.2 Å². The van der Waals surface area contributed by atoms with Crippen LogP contribution in [0.4, 0.5) is 17.6 Å². The molecule has 1 saturated carbocycles. The summed E-state index contributed by atoms with van der Waals surface area (Å²) in [5.74, 6) is -0.813. The number of hydrogen-bond acceptors (Lipinski definition) is 4. The smallest absolute Gasteiger partial charge is 0.419 e. The molecule has 1 amide bonds. The van der Waals surface area contributed by atoms with Gasteiger partial charge in [0.2, 0.25) is 5.91 Å². The molecule has 204 valence electrons. The molecule has 3 heterocycles. The Morgan fingerprint density at radius 3 is 2.71 bits per heavy atom. The van der Waals surface area contributed by atoms with Crippen molar-refractivity contribution in [3.63, 3.8) is 0 Å². The summed E-state index contributed by atoms with van der Waals surface area (Å²) in [7, 11) is 2.09. The van der Waals surface area contributed by atoms with E-state index in [0.717, 1.165) is 36.6 Å². The van der Waals surface area contributed by atoms with Crippen molar-refractivity contribution in [2.75, 3.05) is 26.7 Å². The molecule has 2 aromatic heterocycles. The molecule has 0 spiro atoms. The standard InChI is InChI=1S/C27H30F4N4O3/c1-16(2)32-24(36)13-35-23(17-4-5-21(28)20(8-17)27(29,30)31)12-34-11-19(9-22(34)25(35)37)38-15-26-10-18(26)6-7-33(3)14-26/h4-5,8-9,11-12,16,18H,6-7,10,13-15H2,1-3H3,(H,32,36)/t18-,26-/m1/s1. The zero-order chi connectivity index (χ0) is 27.4. The molecule has 0 bridgehead atoms. The number of hydrogen-bond donors (Lipinski definition) is 1. The molecule has 3 aromatic rings. The minimum atomic E-state index is -4.92. The SMILES string of the molecule is CC(C)NC(=O)Cn1c(-c2ccc(F)c(C(F)(F)F)c2)cn2cc(OC[C@]34C[C@H]3CCN(C)C4)cc2c1=O. The molecule has 1 saturated heterocycles. The second-order valence-corrected chi connectivity index (χ2v) is 10.9. The number of fused-ring (bicyclic) bond motifs is 2. The minimum Gasteiger partial charge on any atom is -0.491 e. The first kappa shape index (κ1) is 26.3. The molecule has 1 aliphatic heterocycles. The fourth-order valence-corrected chi connectivity index (χ4v) is 5.54. The maximum atomic E-state index is 14.0. The van der Waals surface area contributed by atoms with Crippen molar-refractivity contribution >= 4 is 11.4 Å². The zero-order valence-corrected chi connectivity index (χ0v) is 21.4. The predicted molar refractivity (Wildman–Crippen MR) is 133 cm³/mol. The predicted octanol–water partition coefficient (Wildman–Crippen LogP) is 4.17. The second-order valence-electron chi connectivity index (χ2n) is 10.9. The summed E-state index contributed by atoms with van der Waals surface area (Å²) < 4.78 is 63.0. The minimum absolute atomic E-state index is 0.0452. The second kappa shape index (κ2) is 9.44. The Kier molecular flexibility index (Phi) is 6.53. The van der Waals surface area contributed by atoms with Crippen LogP contribution in [0.15, 0.2) is 41.5 Å². The Bertz CT molecular complexity index is 1440. The van der Waals surface area contributed by atoms with Gasteiger partial charge in [-0.05, 0) is 64.4 Å². The lowest BCUT2D eigenvalue weighted by atomic mass is 9.99. The number of likely N-dealkylation sites (tertiary alicyclic amines) is 1. The summed E-state index contributed by atoms with van der Waals surface area (Å²) in [6.07, 6.45) is 0.367. The number of aromatic nitrogens is 2. The number of nitrogens with zero attached hydrogens (tertiary/aromatic N) is 3. The van der Waals surface area contributed by atoms with E-state index in [9.17, 15) is 27.2 Å². The van der Waals surface area contributed by atoms with Gasteiger partial charge in [-0.15, -0.1) is 0 Å². The third-order valence-corrected chi connectivity index (χ3v) is 7.49. The maximum Gasteiger partial charge on any atom is 0.419 e. The number of amides is 1. The molecule has 1 aliphatic carbocycles. The van der Waals surface area contributed by atoms with Crippen molar-refractivity contribution in [2.45, 2.75) is 45.5 Å². The Labute approximate surface area is 217 Å². The van der Waals surface area contributed by atoms with Crippen LogP contribution in [0, 0.1) is 17.2 Å². The van der Waals surface area contributed by atoms with E-state index in [1.807, 2.05) is 0 Å². The van der Waals surface area contributed by atoms with Gasteiger partial charge in [0.25, 0.3) is 5.56 Å². The molecule has 0 radical (unpaired) electrons. The molecule has 2 atom stereocenters. The average Bonchev–Trinajstić information content (AvgIpc) is 3.38. The molecule has 2 fully saturated rings. The van der Waals surface area contributed by atoms with E-state index >= 15 is 0 Å².